The third-order valence-corrected chi connectivity index (χ3v) is 5.20. The molecular weight excluding hydrogens is 268 g/mol. The summed E-state index contributed by atoms with van der Waals surface area (Å²) >= 11 is 0. The Bertz CT molecular complexity index is 460. The molecule has 118 valence electrons. The zero-order chi connectivity index (χ0) is 15.5. The van der Waals surface area contributed by atoms with Gasteiger partial charge in [-0.05, 0) is 64.7 Å². The largest absolute Gasteiger partial charge is 0.460 e. The molecule has 4 aliphatic carbocycles. The van der Waals surface area contributed by atoms with E-state index >= 15 is 0 Å². The summed E-state index contributed by atoms with van der Waals surface area (Å²) in [5.74, 6) is 0.688. The Kier molecular flexibility index (Phi) is 3.16. The number of hydrogen-bond acceptors (Lipinski definition) is 4. The molecule has 0 amide bonds. The van der Waals surface area contributed by atoms with Crippen molar-refractivity contribution in [2.45, 2.75) is 77.4 Å². The molecule has 4 aliphatic rings. The van der Waals surface area contributed by atoms with Gasteiger partial charge in [-0.15, -0.1) is 0 Å². The van der Waals surface area contributed by atoms with Gasteiger partial charge in [-0.3, -0.25) is 9.59 Å². The first kappa shape index (κ1) is 14.9. The zero-order valence-electron chi connectivity index (χ0n) is 13.5. The molecule has 4 nitrogen and oxygen atoms in total. The van der Waals surface area contributed by atoms with Crippen LogP contribution in [0.25, 0.3) is 0 Å². The van der Waals surface area contributed by atoms with Crippen LogP contribution in [0.2, 0.25) is 0 Å². The van der Waals surface area contributed by atoms with E-state index in [4.69, 9.17) is 9.47 Å². The molecule has 4 saturated carbocycles. The second-order valence-electron chi connectivity index (χ2n) is 8.52. The van der Waals surface area contributed by atoms with Crippen molar-refractivity contribution in [1.82, 2.24) is 0 Å². The molecule has 0 aromatic carbocycles. The van der Waals surface area contributed by atoms with Crippen molar-refractivity contribution >= 4 is 11.9 Å². The Morgan fingerprint density at radius 3 is 2.10 bits per heavy atom. The molecule has 2 unspecified atom stereocenters. The standard InChI is InChI=1S/C17H26O4/c1-11(18)20-17-8-12-5-13(9-17)7-16(6-12,10-17)14(19)21-15(2,3)4/h12-13H,5-10H2,1-4H3. The van der Waals surface area contributed by atoms with E-state index in [0.717, 1.165) is 25.7 Å². The molecule has 0 aliphatic heterocycles. The first-order valence-electron chi connectivity index (χ1n) is 8.05. The summed E-state index contributed by atoms with van der Waals surface area (Å²) in [4.78, 5) is 24.3. The summed E-state index contributed by atoms with van der Waals surface area (Å²) in [7, 11) is 0. The van der Waals surface area contributed by atoms with E-state index in [1.54, 1.807) is 0 Å². The minimum Gasteiger partial charge on any atom is -0.460 e. The monoisotopic (exact) mass is 294 g/mol. The second kappa shape index (κ2) is 4.47. The highest BCUT2D eigenvalue weighted by Crippen LogP contribution is 2.63. The van der Waals surface area contributed by atoms with Crippen LogP contribution in [0.4, 0.5) is 0 Å². The minimum atomic E-state index is -0.463. The van der Waals surface area contributed by atoms with Gasteiger partial charge in [0.05, 0.1) is 5.41 Å². The van der Waals surface area contributed by atoms with Crippen molar-refractivity contribution in [1.29, 1.82) is 0 Å². The molecule has 4 heteroatoms. The summed E-state index contributed by atoms with van der Waals surface area (Å²) < 4.78 is 11.4. The van der Waals surface area contributed by atoms with Crippen molar-refractivity contribution in [2.24, 2.45) is 17.3 Å². The van der Waals surface area contributed by atoms with Crippen molar-refractivity contribution in [3.8, 4) is 0 Å². The Balaban J connectivity index is 1.86. The number of carbonyl (C=O) groups excluding carboxylic acids is 2. The molecule has 0 heterocycles. The lowest BCUT2D eigenvalue weighted by Gasteiger charge is -2.60. The van der Waals surface area contributed by atoms with Gasteiger partial charge >= 0.3 is 11.9 Å². The van der Waals surface area contributed by atoms with Crippen LogP contribution in [0.15, 0.2) is 0 Å². The van der Waals surface area contributed by atoms with Crippen molar-refractivity contribution < 1.29 is 19.1 Å². The fourth-order valence-corrected chi connectivity index (χ4v) is 5.23. The summed E-state index contributed by atoms with van der Waals surface area (Å²) in [5, 5.41) is 0. The number of hydrogen-bond donors (Lipinski definition) is 0. The Labute approximate surface area is 126 Å². The average Bonchev–Trinajstić information content (AvgIpc) is 2.22. The van der Waals surface area contributed by atoms with E-state index in [-0.39, 0.29) is 11.9 Å². The van der Waals surface area contributed by atoms with Crippen molar-refractivity contribution in [2.75, 3.05) is 0 Å². The van der Waals surface area contributed by atoms with E-state index in [9.17, 15) is 9.59 Å². The lowest BCUT2D eigenvalue weighted by atomic mass is 9.48. The average molecular weight is 294 g/mol. The zero-order valence-corrected chi connectivity index (χ0v) is 13.5. The fraction of sp³-hybridized carbons (Fsp3) is 0.882. The highest BCUT2D eigenvalue weighted by molar-refractivity contribution is 5.78. The maximum Gasteiger partial charge on any atom is 0.312 e. The van der Waals surface area contributed by atoms with Gasteiger partial charge in [-0.25, -0.2) is 0 Å². The van der Waals surface area contributed by atoms with Gasteiger partial charge in [0.25, 0.3) is 0 Å². The van der Waals surface area contributed by atoms with Crippen LogP contribution < -0.4 is 0 Å². The molecule has 4 fully saturated rings. The predicted molar refractivity (Wildman–Crippen MR) is 77.5 cm³/mol. The van der Waals surface area contributed by atoms with Gasteiger partial charge < -0.3 is 9.47 Å². The molecule has 0 saturated heterocycles. The molecule has 0 aromatic rings. The predicted octanol–water partition coefficient (Wildman–Crippen LogP) is 3.23. The van der Waals surface area contributed by atoms with Crippen LogP contribution >= 0.6 is 0 Å². The molecule has 2 atom stereocenters. The number of esters is 2. The summed E-state index contributed by atoms with van der Waals surface area (Å²) in [6.45, 7) is 7.20. The summed E-state index contributed by atoms with van der Waals surface area (Å²) in [5.41, 5.74) is -1.30. The Morgan fingerprint density at radius 1 is 1.05 bits per heavy atom. The SMILES string of the molecule is CC(=O)OC12CC3CC(C1)CC(C(=O)OC(C)(C)C)(C3)C2. The Hall–Kier alpha value is -1.06. The van der Waals surface area contributed by atoms with Crippen LogP contribution in [0.5, 0.6) is 0 Å². The topological polar surface area (TPSA) is 52.6 Å². The van der Waals surface area contributed by atoms with Crippen LogP contribution in [-0.2, 0) is 19.1 Å². The molecule has 0 aromatic heterocycles. The molecule has 0 radical (unpaired) electrons. The minimum absolute atomic E-state index is 0.0828. The molecule has 21 heavy (non-hydrogen) atoms. The third-order valence-electron chi connectivity index (χ3n) is 5.20. The van der Waals surface area contributed by atoms with E-state index in [0.29, 0.717) is 18.3 Å². The van der Waals surface area contributed by atoms with Crippen LogP contribution in [-0.4, -0.2) is 23.1 Å². The quantitative estimate of drug-likeness (QED) is 0.734. The summed E-state index contributed by atoms with van der Waals surface area (Å²) in [6, 6.07) is 0. The van der Waals surface area contributed by atoms with E-state index in [1.165, 1.54) is 13.3 Å². The van der Waals surface area contributed by atoms with Crippen molar-refractivity contribution in [3.05, 3.63) is 0 Å². The van der Waals surface area contributed by atoms with Gasteiger partial charge in [0, 0.05) is 13.3 Å². The fourth-order valence-electron chi connectivity index (χ4n) is 5.23. The van der Waals surface area contributed by atoms with E-state index < -0.39 is 16.6 Å². The number of carbonyl (C=O) groups is 2. The first-order chi connectivity index (χ1) is 9.62. The molecular formula is C17H26O4. The third kappa shape index (κ3) is 2.69. The van der Waals surface area contributed by atoms with Crippen molar-refractivity contribution in [3.63, 3.8) is 0 Å². The lowest BCUT2D eigenvalue weighted by Crippen LogP contribution is -2.60. The van der Waals surface area contributed by atoms with Gasteiger partial charge in [-0.2, -0.15) is 0 Å². The molecule has 0 N–H and O–H groups in total. The van der Waals surface area contributed by atoms with Crippen LogP contribution in [0.3, 0.4) is 0 Å². The highest BCUT2D eigenvalue weighted by Gasteiger charge is 2.63. The first-order valence-corrected chi connectivity index (χ1v) is 8.05. The Morgan fingerprint density at radius 2 is 1.62 bits per heavy atom. The lowest BCUT2D eigenvalue weighted by molar-refractivity contribution is -0.216. The summed E-state index contributed by atoms with van der Waals surface area (Å²) in [6.07, 6.45) is 5.49. The van der Waals surface area contributed by atoms with Gasteiger partial charge in [-0.1, -0.05) is 0 Å². The van der Waals surface area contributed by atoms with Crippen LogP contribution in [0, 0.1) is 17.3 Å². The maximum absolute atomic E-state index is 12.8. The van der Waals surface area contributed by atoms with E-state index in [2.05, 4.69) is 0 Å². The van der Waals surface area contributed by atoms with Gasteiger partial charge in [0.1, 0.15) is 11.2 Å². The molecule has 4 bridgehead atoms. The van der Waals surface area contributed by atoms with Crippen LogP contribution in [0.1, 0.15) is 66.2 Å². The molecule has 0 spiro atoms. The molecule has 4 rings (SSSR count). The smallest absolute Gasteiger partial charge is 0.312 e. The maximum atomic E-state index is 12.8. The van der Waals surface area contributed by atoms with Gasteiger partial charge in [0.15, 0.2) is 0 Å². The normalized spacial score (nSPS) is 41.0. The highest BCUT2D eigenvalue weighted by atomic mass is 16.6. The number of rotatable bonds is 2. The number of ether oxygens (including phenoxy) is 2. The van der Waals surface area contributed by atoms with E-state index in [1.807, 2.05) is 20.8 Å². The second-order valence-corrected chi connectivity index (χ2v) is 8.52. The van der Waals surface area contributed by atoms with Gasteiger partial charge in [0.2, 0.25) is 0 Å².